The Morgan fingerprint density at radius 2 is 2.04 bits per heavy atom. The summed E-state index contributed by atoms with van der Waals surface area (Å²) in [6.07, 6.45) is 0.0819. The monoisotopic (exact) mass is 466 g/mol. The molecule has 0 spiro atoms. The molecule has 28 heavy (non-hydrogen) atoms. The molecule has 0 radical (unpaired) electrons. The van der Waals surface area contributed by atoms with Crippen molar-refractivity contribution in [2.45, 2.75) is 9.96 Å². The molecule has 0 saturated heterocycles. The van der Waals surface area contributed by atoms with Gasteiger partial charge in [-0.15, -0.1) is 0 Å². The third-order valence-electron chi connectivity index (χ3n) is 3.26. The molecule has 9 nitrogen and oxygen atoms in total. The fourth-order valence-electron chi connectivity index (χ4n) is 2.02. The van der Waals surface area contributed by atoms with Crippen LogP contribution in [-0.4, -0.2) is 33.0 Å². The highest BCUT2D eigenvalue weighted by Gasteiger charge is 2.35. The zero-order valence-electron chi connectivity index (χ0n) is 14.1. The Hall–Kier alpha value is -2.27. The van der Waals surface area contributed by atoms with Crippen LogP contribution in [0.3, 0.4) is 0 Å². The van der Waals surface area contributed by atoms with Crippen molar-refractivity contribution in [1.29, 1.82) is 0 Å². The van der Waals surface area contributed by atoms with Crippen LogP contribution < -0.4 is 20.7 Å². The minimum atomic E-state index is -1.97. The van der Waals surface area contributed by atoms with E-state index < -0.39 is 20.8 Å². The quantitative estimate of drug-likeness (QED) is 0.194. The molecule has 150 valence electrons. The summed E-state index contributed by atoms with van der Waals surface area (Å²) in [4.78, 5) is 22.6. The lowest BCUT2D eigenvalue weighted by atomic mass is 10.2. The minimum absolute atomic E-state index is 0.00528. The summed E-state index contributed by atoms with van der Waals surface area (Å²) in [7, 11) is 1.31. The average molecular weight is 468 g/mol. The molecule has 0 aliphatic heterocycles. The number of benzene rings is 1. The van der Waals surface area contributed by atoms with Crippen molar-refractivity contribution in [2.24, 2.45) is 0 Å². The first-order chi connectivity index (χ1) is 13.1. The fourth-order valence-corrected chi connectivity index (χ4v) is 2.58. The van der Waals surface area contributed by atoms with E-state index in [4.69, 9.17) is 56.2 Å². The van der Waals surface area contributed by atoms with Crippen molar-refractivity contribution < 1.29 is 18.9 Å². The number of thiocarbonyl (C=S) groups is 1. The average Bonchev–Trinajstić information content (AvgIpc) is 3.15. The van der Waals surface area contributed by atoms with E-state index >= 15 is 0 Å². The number of nitrogens with zero attached hydrogens (tertiary/aromatic N) is 1. The number of halogens is 3. The van der Waals surface area contributed by atoms with E-state index in [2.05, 4.69) is 16.0 Å². The van der Waals surface area contributed by atoms with Gasteiger partial charge in [0, 0.05) is 11.8 Å². The number of nitro benzene ring substituents is 1. The van der Waals surface area contributed by atoms with Gasteiger partial charge in [0.25, 0.3) is 5.91 Å². The number of nitrogens with one attached hydrogen (secondary N) is 3. The molecule has 1 amide bonds. The highest BCUT2D eigenvalue weighted by molar-refractivity contribution is 7.80. The summed E-state index contributed by atoms with van der Waals surface area (Å²) in [5, 5.41) is 18.8. The molecule has 0 fully saturated rings. The Morgan fingerprint density at radius 3 is 2.57 bits per heavy atom. The largest absolute Gasteiger partial charge is 0.490 e. The van der Waals surface area contributed by atoms with Gasteiger partial charge in [0.1, 0.15) is 6.17 Å². The second kappa shape index (κ2) is 9.28. The van der Waals surface area contributed by atoms with Crippen LogP contribution in [0, 0.1) is 10.1 Å². The first-order valence-electron chi connectivity index (χ1n) is 7.43. The summed E-state index contributed by atoms with van der Waals surface area (Å²) in [6, 6.07) is 7.08. The van der Waals surface area contributed by atoms with Crippen LogP contribution in [-0.2, 0) is 0 Å². The van der Waals surface area contributed by atoms with Gasteiger partial charge in [0.15, 0.2) is 16.6 Å². The molecule has 1 aromatic carbocycles. The fraction of sp³-hybridized carbons (Fsp3) is 0.200. The molecule has 2 rings (SSSR count). The molecule has 1 heterocycles. The summed E-state index contributed by atoms with van der Waals surface area (Å²) in [5.41, 5.74) is 0.0183. The predicted molar refractivity (Wildman–Crippen MR) is 109 cm³/mol. The molecule has 0 bridgehead atoms. The van der Waals surface area contributed by atoms with Crippen LogP contribution >= 0.6 is 47.0 Å². The van der Waals surface area contributed by atoms with Crippen molar-refractivity contribution in [1.82, 2.24) is 10.6 Å². The van der Waals surface area contributed by atoms with E-state index in [0.717, 1.165) is 0 Å². The van der Waals surface area contributed by atoms with Crippen molar-refractivity contribution in [3.63, 3.8) is 0 Å². The number of hydrogen-bond donors (Lipinski definition) is 3. The number of amides is 1. The number of hydrogen-bond acceptors (Lipinski definition) is 6. The molecule has 1 unspecified atom stereocenters. The topological polar surface area (TPSA) is 119 Å². The number of furan rings is 1. The van der Waals surface area contributed by atoms with Gasteiger partial charge in [-0.05, 0) is 36.5 Å². The minimum Gasteiger partial charge on any atom is -0.490 e. The Morgan fingerprint density at radius 1 is 1.32 bits per heavy atom. The number of ether oxygens (including phenoxy) is 1. The van der Waals surface area contributed by atoms with Crippen molar-refractivity contribution in [3.8, 4) is 5.75 Å². The molecule has 1 atom stereocenters. The Kier molecular flexibility index (Phi) is 7.30. The van der Waals surface area contributed by atoms with Gasteiger partial charge in [0.05, 0.1) is 18.3 Å². The Balaban J connectivity index is 2.10. The summed E-state index contributed by atoms with van der Waals surface area (Å²) < 4.78 is 7.93. The van der Waals surface area contributed by atoms with Gasteiger partial charge in [0.2, 0.25) is 3.79 Å². The van der Waals surface area contributed by atoms with E-state index in [1.807, 2.05) is 0 Å². The van der Waals surface area contributed by atoms with Crippen LogP contribution in [0.1, 0.15) is 10.6 Å². The molecule has 3 N–H and O–H groups in total. The maximum absolute atomic E-state index is 12.1. The van der Waals surface area contributed by atoms with Crippen molar-refractivity contribution in [3.05, 3.63) is 52.5 Å². The maximum Gasteiger partial charge on any atom is 0.312 e. The van der Waals surface area contributed by atoms with Crippen LogP contribution in [0.5, 0.6) is 5.75 Å². The molecular formula is C15H13Cl3N4O5S. The van der Waals surface area contributed by atoms with Gasteiger partial charge in [-0.2, -0.15) is 0 Å². The number of anilines is 1. The van der Waals surface area contributed by atoms with Crippen LogP contribution in [0.25, 0.3) is 0 Å². The van der Waals surface area contributed by atoms with Crippen LogP contribution in [0.15, 0.2) is 41.0 Å². The predicted octanol–water partition coefficient (Wildman–Crippen LogP) is 3.61. The number of methoxy groups -OCH3 is 1. The van der Waals surface area contributed by atoms with Gasteiger partial charge >= 0.3 is 5.69 Å². The Labute approximate surface area is 179 Å². The van der Waals surface area contributed by atoms with Gasteiger partial charge in [-0.1, -0.05) is 34.8 Å². The molecule has 1 aromatic heterocycles. The zero-order valence-corrected chi connectivity index (χ0v) is 17.2. The highest BCUT2D eigenvalue weighted by Crippen LogP contribution is 2.31. The van der Waals surface area contributed by atoms with E-state index in [9.17, 15) is 14.9 Å². The molecule has 13 heteroatoms. The Bertz CT molecular complexity index is 873. The van der Waals surface area contributed by atoms with Gasteiger partial charge < -0.3 is 25.1 Å². The normalized spacial score (nSPS) is 12.0. The number of carbonyl (C=O) groups excluding carboxylic acids is 1. The summed E-state index contributed by atoms with van der Waals surface area (Å²) in [5.74, 6) is -0.554. The van der Waals surface area contributed by atoms with Gasteiger partial charge in [-0.25, -0.2) is 0 Å². The highest BCUT2D eigenvalue weighted by atomic mass is 35.6. The number of rotatable bonds is 6. The molecular weight excluding hydrogens is 455 g/mol. The summed E-state index contributed by atoms with van der Waals surface area (Å²) in [6.45, 7) is 0. The standard InChI is InChI=1S/C15H13Cl3N4O5S/c1-26-10-5-4-8(7-9(10)22(24)25)19-14(28)21-13(15(16,17)18)20-12(23)11-3-2-6-27-11/h2-7,13H,1H3,(H,20,23)(H2,19,21,28). The van der Waals surface area contributed by atoms with E-state index in [0.29, 0.717) is 0 Å². The lowest BCUT2D eigenvalue weighted by Gasteiger charge is -2.27. The van der Waals surface area contributed by atoms with Crippen LogP contribution in [0.4, 0.5) is 11.4 Å². The number of alkyl halides is 3. The van der Waals surface area contributed by atoms with Gasteiger partial charge in [-0.3, -0.25) is 14.9 Å². The second-order valence-electron chi connectivity index (χ2n) is 5.17. The SMILES string of the molecule is COc1ccc(NC(=S)NC(NC(=O)c2ccco2)C(Cl)(Cl)Cl)cc1[N+](=O)[O-]. The van der Waals surface area contributed by atoms with Crippen molar-refractivity contribution >= 4 is 69.4 Å². The van der Waals surface area contributed by atoms with E-state index in [1.165, 1.54) is 43.7 Å². The molecule has 0 aliphatic carbocycles. The molecule has 0 aliphatic rings. The first-order valence-corrected chi connectivity index (χ1v) is 8.97. The van der Waals surface area contributed by atoms with Crippen LogP contribution in [0.2, 0.25) is 0 Å². The second-order valence-corrected chi connectivity index (χ2v) is 7.94. The van der Waals surface area contributed by atoms with Crippen molar-refractivity contribution in [2.75, 3.05) is 12.4 Å². The lowest BCUT2D eigenvalue weighted by Crippen LogP contribution is -2.56. The van der Waals surface area contributed by atoms with E-state index in [1.54, 1.807) is 0 Å². The smallest absolute Gasteiger partial charge is 0.312 e. The lowest BCUT2D eigenvalue weighted by molar-refractivity contribution is -0.385. The summed E-state index contributed by atoms with van der Waals surface area (Å²) >= 11 is 22.8. The number of carbonyl (C=O) groups is 1. The first kappa shape index (κ1) is 22.0. The zero-order chi connectivity index (χ0) is 20.9. The van der Waals surface area contributed by atoms with E-state index in [-0.39, 0.29) is 28.0 Å². The molecule has 0 saturated carbocycles. The number of nitro groups is 1. The maximum atomic E-state index is 12.1. The third-order valence-corrected chi connectivity index (χ3v) is 4.13. The third kappa shape index (κ3) is 5.86. The molecule has 2 aromatic rings.